The zero-order valence-electron chi connectivity index (χ0n) is 15.8. The van der Waals surface area contributed by atoms with Crippen molar-refractivity contribution in [3.63, 3.8) is 0 Å². The summed E-state index contributed by atoms with van der Waals surface area (Å²) in [6.07, 6.45) is 6.67. The maximum atomic E-state index is 11.6. The third-order valence-corrected chi connectivity index (χ3v) is 5.52. The standard InChI is InChI=1S/C18H25N5O3S/c1-13-16(4-5-18(22-13)27(3,24)25)20-10-14-11-21-17(12-19-14)26-15-6-8-23(2)9-7-15/h4-5,11-12,15,20H,6-10H2,1-3H3. The van der Waals surface area contributed by atoms with Crippen molar-refractivity contribution in [2.75, 3.05) is 31.7 Å². The van der Waals surface area contributed by atoms with Gasteiger partial charge in [-0.2, -0.15) is 0 Å². The molecule has 3 heterocycles. The molecular formula is C18H25N5O3S. The quantitative estimate of drug-likeness (QED) is 0.794. The van der Waals surface area contributed by atoms with E-state index in [-0.39, 0.29) is 11.1 Å². The fraction of sp³-hybridized carbons (Fsp3) is 0.500. The molecule has 1 saturated heterocycles. The van der Waals surface area contributed by atoms with Crippen LogP contribution in [0.2, 0.25) is 0 Å². The zero-order valence-corrected chi connectivity index (χ0v) is 16.7. The number of pyridine rings is 1. The van der Waals surface area contributed by atoms with Gasteiger partial charge < -0.3 is 15.0 Å². The van der Waals surface area contributed by atoms with E-state index in [0.29, 0.717) is 18.1 Å². The van der Waals surface area contributed by atoms with E-state index in [1.807, 2.05) is 0 Å². The Bertz CT molecular complexity index is 878. The fourth-order valence-corrected chi connectivity index (χ4v) is 3.50. The summed E-state index contributed by atoms with van der Waals surface area (Å²) in [6.45, 7) is 4.29. The highest BCUT2D eigenvalue weighted by Crippen LogP contribution is 2.18. The Morgan fingerprint density at radius 1 is 1.22 bits per heavy atom. The molecule has 0 aromatic carbocycles. The van der Waals surface area contributed by atoms with Gasteiger partial charge in [0.1, 0.15) is 6.10 Å². The van der Waals surface area contributed by atoms with Crippen molar-refractivity contribution in [2.24, 2.45) is 0 Å². The SMILES string of the molecule is Cc1nc(S(C)(=O)=O)ccc1NCc1cnc(OC2CCN(C)CC2)cn1. The Morgan fingerprint density at radius 3 is 2.56 bits per heavy atom. The summed E-state index contributed by atoms with van der Waals surface area (Å²) in [4.78, 5) is 15.1. The molecule has 0 saturated carbocycles. The summed E-state index contributed by atoms with van der Waals surface area (Å²) in [5, 5.41) is 3.28. The molecule has 1 N–H and O–H groups in total. The van der Waals surface area contributed by atoms with Crippen molar-refractivity contribution >= 4 is 15.5 Å². The van der Waals surface area contributed by atoms with Crippen LogP contribution in [-0.2, 0) is 16.4 Å². The highest BCUT2D eigenvalue weighted by atomic mass is 32.2. The predicted octanol–water partition coefficient (Wildman–Crippen LogP) is 1.67. The topological polar surface area (TPSA) is 97.3 Å². The van der Waals surface area contributed by atoms with E-state index in [9.17, 15) is 8.42 Å². The second-order valence-electron chi connectivity index (χ2n) is 6.87. The molecular weight excluding hydrogens is 366 g/mol. The molecule has 0 radical (unpaired) electrons. The van der Waals surface area contributed by atoms with Gasteiger partial charge >= 0.3 is 0 Å². The Kier molecular flexibility index (Phi) is 5.91. The first-order valence-corrected chi connectivity index (χ1v) is 10.8. The minimum atomic E-state index is -3.31. The molecule has 0 bridgehead atoms. The van der Waals surface area contributed by atoms with Crippen LogP contribution in [0.3, 0.4) is 0 Å². The number of ether oxygens (including phenoxy) is 1. The maximum Gasteiger partial charge on any atom is 0.232 e. The molecule has 146 valence electrons. The van der Waals surface area contributed by atoms with Crippen LogP contribution in [-0.4, -0.2) is 60.8 Å². The summed E-state index contributed by atoms with van der Waals surface area (Å²) in [5.41, 5.74) is 2.14. The minimum Gasteiger partial charge on any atom is -0.473 e. The molecule has 1 aliphatic heterocycles. The molecule has 0 spiro atoms. The predicted molar refractivity (Wildman–Crippen MR) is 103 cm³/mol. The molecule has 2 aromatic rings. The van der Waals surface area contributed by atoms with Gasteiger partial charge in [0.15, 0.2) is 14.9 Å². The van der Waals surface area contributed by atoms with Gasteiger partial charge in [-0.25, -0.2) is 18.4 Å². The molecule has 0 atom stereocenters. The molecule has 27 heavy (non-hydrogen) atoms. The van der Waals surface area contributed by atoms with Crippen LogP contribution in [0.5, 0.6) is 5.88 Å². The Hall–Kier alpha value is -2.26. The van der Waals surface area contributed by atoms with Crippen molar-refractivity contribution in [3.8, 4) is 5.88 Å². The number of hydrogen-bond acceptors (Lipinski definition) is 8. The Labute approximate surface area is 159 Å². The number of anilines is 1. The monoisotopic (exact) mass is 391 g/mol. The van der Waals surface area contributed by atoms with Crippen LogP contribution in [0, 0.1) is 6.92 Å². The van der Waals surface area contributed by atoms with E-state index in [4.69, 9.17) is 4.74 Å². The van der Waals surface area contributed by atoms with E-state index in [1.54, 1.807) is 25.4 Å². The van der Waals surface area contributed by atoms with E-state index >= 15 is 0 Å². The number of hydrogen-bond donors (Lipinski definition) is 1. The van der Waals surface area contributed by atoms with Crippen molar-refractivity contribution in [1.29, 1.82) is 0 Å². The first-order chi connectivity index (χ1) is 12.8. The lowest BCUT2D eigenvalue weighted by molar-refractivity contribution is 0.109. The van der Waals surface area contributed by atoms with Crippen molar-refractivity contribution < 1.29 is 13.2 Å². The fourth-order valence-electron chi connectivity index (χ4n) is 2.89. The largest absolute Gasteiger partial charge is 0.473 e. The number of likely N-dealkylation sites (tertiary alicyclic amines) is 1. The second-order valence-corrected chi connectivity index (χ2v) is 8.84. The number of nitrogens with zero attached hydrogens (tertiary/aromatic N) is 4. The molecule has 1 fully saturated rings. The second kappa shape index (κ2) is 8.18. The molecule has 8 nitrogen and oxygen atoms in total. The summed E-state index contributed by atoms with van der Waals surface area (Å²) in [5.74, 6) is 0.545. The molecule has 3 rings (SSSR count). The average Bonchev–Trinajstić information content (AvgIpc) is 2.63. The molecule has 2 aromatic heterocycles. The number of sulfone groups is 1. The van der Waals surface area contributed by atoms with Crippen molar-refractivity contribution in [2.45, 2.75) is 37.4 Å². The molecule has 0 amide bonds. The summed E-state index contributed by atoms with van der Waals surface area (Å²) >= 11 is 0. The molecule has 0 aliphatic carbocycles. The van der Waals surface area contributed by atoms with Crippen LogP contribution in [0.15, 0.2) is 29.6 Å². The number of rotatable bonds is 6. The third kappa shape index (κ3) is 5.36. The van der Waals surface area contributed by atoms with Crippen LogP contribution < -0.4 is 10.1 Å². The van der Waals surface area contributed by atoms with E-state index in [1.165, 1.54) is 6.07 Å². The van der Waals surface area contributed by atoms with Crippen LogP contribution in [0.4, 0.5) is 5.69 Å². The maximum absolute atomic E-state index is 11.6. The minimum absolute atomic E-state index is 0.0701. The van der Waals surface area contributed by atoms with E-state index < -0.39 is 9.84 Å². The van der Waals surface area contributed by atoms with Gasteiger partial charge in [0.05, 0.1) is 36.0 Å². The van der Waals surface area contributed by atoms with E-state index in [2.05, 4.69) is 32.2 Å². The number of nitrogens with one attached hydrogen (secondary N) is 1. The lowest BCUT2D eigenvalue weighted by Gasteiger charge is -2.28. The van der Waals surface area contributed by atoms with Gasteiger partial charge in [-0.05, 0) is 38.9 Å². The van der Waals surface area contributed by atoms with Gasteiger partial charge in [-0.15, -0.1) is 0 Å². The third-order valence-electron chi connectivity index (χ3n) is 4.53. The highest BCUT2D eigenvalue weighted by Gasteiger charge is 2.18. The molecule has 9 heteroatoms. The van der Waals surface area contributed by atoms with Gasteiger partial charge in [-0.3, -0.25) is 4.98 Å². The Balaban J connectivity index is 1.56. The van der Waals surface area contributed by atoms with Gasteiger partial charge in [0.25, 0.3) is 0 Å². The highest BCUT2D eigenvalue weighted by molar-refractivity contribution is 7.90. The summed E-state index contributed by atoms with van der Waals surface area (Å²) in [7, 11) is -1.19. The lowest BCUT2D eigenvalue weighted by atomic mass is 10.1. The van der Waals surface area contributed by atoms with Crippen molar-refractivity contribution in [3.05, 3.63) is 35.9 Å². The van der Waals surface area contributed by atoms with Crippen LogP contribution in [0.25, 0.3) is 0 Å². The Morgan fingerprint density at radius 2 is 1.96 bits per heavy atom. The number of aryl methyl sites for hydroxylation is 1. The average molecular weight is 391 g/mol. The van der Waals surface area contributed by atoms with Crippen molar-refractivity contribution in [1.82, 2.24) is 19.9 Å². The summed E-state index contributed by atoms with van der Waals surface area (Å²) < 4.78 is 29.0. The molecule has 1 aliphatic rings. The smallest absolute Gasteiger partial charge is 0.232 e. The van der Waals surface area contributed by atoms with Crippen LogP contribution >= 0.6 is 0 Å². The first kappa shape index (κ1) is 19.5. The van der Waals surface area contributed by atoms with E-state index in [0.717, 1.165) is 43.6 Å². The summed E-state index contributed by atoms with van der Waals surface area (Å²) in [6, 6.07) is 3.21. The van der Waals surface area contributed by atoms with Gasteiger partial charge in [0, 0.05) is 19.3 Å². The lowest BCUT2D eigenvalue weighted by Crippen LogP contribution is -2.35. The first-order valence-electron chi connectivity index (χ1n) is 8.89. The zero-order chi connectivity index (χ0) is 19.4. The number of aromatic nitrogens is 3. The normalized spacial score (nSPS) is 16.3. The van der Waals surface area contributed by atoms with Crippen LogP contribution in [0.1, 0.15) is 24.2 Å². The van der Waals surface area contributed by atoms with Gasteiger partial charge in [0.2, 0.25) is 5.88 Å². The number of piperidine rings is 1. The van der Waals surface area contributed by atoms with Gasteiger partial charge in [-0.1, -0.05) is 0 Å². The molecule has 0 unspecified atom stereocenters.